The smallest absolute Gasteiger partial charge is 0.328 e. The van der Waals surface area contributed by atoms with Crippen molar-refractivity contribution in [1.82, 2.24) is 15.2 Å². The molecule has 0 spiro atoms. The fraction of sp³-hybridized carbons (Fsp3) is 0.529. The van der Waals surface area contributed by atoms with E-state index >= 15 is 0 Å². The number of pyridine rings is 1. The van der Waals surface area contributed by atoms with Crippen LogP contribution in [0.15, 0.2) is 24.5 Å². The van der Waals surface area contributed by atoms with Crippen LogP contribution in [0.4, 0.5) is 0 Å². The van der Waals surface area contributed by atoms with Crippen LogP contribution in [-0.2, 0) is 19.1 Å². The van der Waals surface area contributed by atoms with E-state index in [9.17, 15) is 14.4 Å². The lowest BCUT2D eigenvalue weighted by Crippen LogP contribution is -2.40. The Morgan fingerprint density at radius 2 is 2.12 bits per heavy atom. The molecule has 1 aromatic heterocycles. The molecule has 0 bridgehead atoms. The van der Waals surface area contributed by atoms with Crippen LogP contribution in [0.5, 0.6) is 0 Å². The van der Waals surface area contributed by atoms with Crippen molar-refractivity contribution in [2.75, 3.05) is 19.4 Å². The summed E-state index contributed by atoms with van der Waals surface area (Å²) in [7, 11) is 1.30. The highest BCUT2D eigenvalue weighted by Gasteiger charge is 2.32. The Bertz CT molecular complexity index is 611. The molecule has 2 rings (SSSR count). The van der Waals surface area contributed by atoms with Crippen LogP contribution in [0.2, 0.25) is 0 Å². The van der Waals surface area contributed by atoms with Gasteiger partial charge >= 0.3 is 5.97 Å². The largest absolute Gasteiger partial charge is 0.467 e. The summed E-state index contributed by atoms with van der Waals surface area (Å²) in [5.41, 5.74) is 1.07. The minimum atomic E-state index is -0.637. The first-order valence-electron chi connectivity index (χ1n) is 8.19. The zero-order valence-electron chi connectivity index (χ0n) is 14.4. The van der Waals surface area contributed by atoms with E-state index in [1.54, 1.807) is 24.2 Å². The van der Waals surface area contributed by atoms with Crippen LogP contribution in [0.1, 0.15) is 37.1 Å². The second-order valence-electron chi connectivity index (χ2n) is 5.80. The molecule has 0 saturated carbocycles. The van der Waals surface area contributed by atoms with Gasteiger partial charge in [0.15, 0.2) is 0 Å². The number of thioether (sulfide) groups is 1. The molecule has 1 aliphatic rings. The topological polar surface area (TPSA) is 88.6 Å². The lowest BCUT2D eigenvalue weighted by molar-refractivity contribution is -0.145. The number of methoxy groups -OCH3 is 1. The van der Waals surface area contributed by atoms with E-state index < -0.39 is 12.0 Å². The number of carbonyl (C=O) groups is 3. The van der Waals surface area contributed by atoms with Gasteiger partial charge in [0.1, 0.15) is 11.4 Å². The second-order valence-corrected chi connectivity index (χ2v) is 6.87. The molecule has 1 aromatic rings. The average molecular weight is 365 g/mol. The third kappa shape index (κ3) is 5.45. The Kier molecular flexibility index (Phi) is 7.24. The van der Waals surface area contributed by atoms with E-state index in [1.165, 1.54) is 14.0 Å². The number of carbonyl (C=O) groups excluding carboxylic acids is 3. The lowest BCUT2D eigenvalue weighted by atomic mass is 10.1. The van der Waals surface area contributed by atoms with Crippen molar-refractivity contribution in [2.24, 2.45) is 0 Å². The van der Waals surface area contributed by atoms with Gasteiger partial charge in [-0.2, -0.15) is 0 Å². The standard InChI is InChI=1S/C17H23N3O4S/c1-12(21)19-14(17(23)24-2)5-3-4-10-20-15(22)11-25-16(20)13-6-8-18-9-7-13/h6-9,14,16H,3-5,10-11H2,1-2H3,(H,19,21). The van der Waals surface area contributed by atoms with Gasteiger partial charge in [0.2, 0.25) is 11.8 Å². The summed E-state index contributed by atoms with van der Waals surface area (Å²) >= 11 is 1.61. The van der Waals surface area contributed by atoms with E-state index in [-0.39, 0.29) is 17.2 Å². The van der Waals surface area contributed by atoms with Crippen LogP contribution in [-0.4, -0.2) is 53.1 Å². The molecule has 8 heteroatoms. The summed E-state index contributed by atoms with van der Waals surface area (Å²) in [6, 6.07) is 3.21. The molecule has 1 aliphatic heterocycles. The van der Waals surface area contributed by atoms with Gasteiger partial charge in [0, 0.05) is 25.9 Å². The highest BCUT2D eigenvalue weighted by molar-refractivity contribution is 8.00. The van der Waals surface area contributed by atoms with Crippen LogP contribution < -0.4 is 5.32 Å². The summed E-state index contributed by atoms with van der Waals surface area (Å²) in [5.74, 6) is -0.112. The zero-order valence-corrected chi connectivity index (χ0v) is 15.3. The first-order valence-corrected chi connectivity index (χ1v) is 9.23. The van der Waals surface area contributed by atoms with Crippen molar-refractivity contribution in [3.63, 3.8) is 0 Å². The van der Waals surface area contributed by atoms with E-state index in [2.05, 4.69) is 10.3 Å². The maximum absolute atomic E-state index is 12.1. The van der Waals surface area contributed by atoms with E-state index in [4.69, 9.17) is 4.74 Å². The van der Waals surface area contributed by atoms with Crippen LogP contribution in [0.3, 0.4) is 0 Å². The molecule has 136 valence electrons. The normalized spacial score (nSPS) is 18.1. The summed E-state index contributed by atoms with van der Waals surface area (Å²) < 4.78 is 4.71. The van der Waals surface area contributed by atoms with Crippen molar-refractivity contribution in [2.45, 2.75) is 37.6 Å². The van der Waals surface area contributed by atoms with E-state index in [1.807, 2.05) is 17.0 Å². The number of unbranched alkanes of at least 4 members (excludes halogenated alkanes) is 1. The molecule has 1 fully saturated rings. The number of amides is 2. The van der Waals surface area contributed by atoms with Crippen molar-refractivity contribution < 1.29 is 19.1 Å². The van der Waals surface area contributed by atoms with Gasteiger partial charge in [0.25, 0.3) is 0 Å². The lowest BCUT2D eigenvalue weighted by Gasteiger charge is -2.24. The SMILES string of the molecule is COC(=O)C(CCCCN1C(=O)CSC1c1ccncc1)NC(C)=O. The fourth-order valence-electron chi connectivity index (χ4n) is 2.77. The number of rotatable bonds is 8. The zero-order chi connectivity index (χ0) is 18.2. The third-order valence-electron chi connectivity index (χ3n) is 3.96. The summed E-state index contributed by atoms with van der Waals surface area (Å²) in [6.45, 7) is 1.99. The van der Waals surface area contributed by atoms with Gasteiger partial charge in [-0.15, -0.1) is 11.8 Å². The molecular weight excluding hydrogens is 342 g/mol. The molecule has 25 heavy (non-hydrogen) atoms. The molecular formula is C17H23N3O4S. The fourth-order valence-corrected chi connectivity index (χ4v) is 3.99. The predicted molar refractivity (Wildman–Crippen MR) is 94.6 cm³/mol. The van der Waals surface area contributed by atoms with Gasteiger partial charge in [0.05, 0.1) is 12.9 Å². The van der Waals surface area contributed by atoms with Gasteiger partial charge in [-0.05, 0) is 37.0 Å². The van der Waals surface area contributed by atoms with Crippen molar-refractivity contribution in [3.05, 3.63) is 30.1 Å². The quantitative estimate of drug-likeness (QED) is 0.555. The molecule has 0 aromatic carbocycles. The molecule has 0 radical (unpaired) electrons. The van der Waals surface area contributed by atoms with Crippen molar-refractivity contribution >= 4 is 29.5 Å². The summed E-state index contributed by atoms with van der Waals surface area (Å²) in [6.07, 6.45) is 5.40. The molecule has 2 amide bonds. The van der Waals surface area contributed by atoms with Crippen LogP contribution >= 0.6 is 11.8 Å². The summed E-state index contributed by atoms with van der Waals surface area (Å²) in [4.78, 5) is 40.9. The minimum absolute atomic E-state index is 0.0160. The summed E-state index contributed by atoms with van der Waals surface area (Å²) in [5, 5.41) is 2.61. The molecule has 2 unspecified atom stereocenters. The van der Waals surface area contributed by atoms with Gasteiger partial charge in [-0.1, -0.05) is 0 Å². The number of esters is 1. The van der Waals surface area contributed by atoms with Gasteiger partial charge in [-0.25, -0.2) is 4.79 Å². The Morgan fingerprint density at radius 3 is 2.76 bits per heavy atom. The molecule has 1 saturated heterocycles. The van der Waals surface area contributed by atoms with E-state index in [0.29, 0.717) is 25.1 Å². The number of aromatic nitrogens is 1. The number of ether oxygens (including phenoxy) is 1. The maximum Gasteiger partial charge on any atom is 0.328 e. The van der Waals surface area contributed by atoms with Gasteiger partial charge in [-0.3, -0.25) is 14.6 Å². The molecule has 7 nitrogen and oxygen atoms in total. The Labute approximate surface area is 151 Å². The highest BCUT2D eigenvalue weighted by Crippen LogP contribution is 2.38. The van der Waals surface area contributed by atoms with Crippen molar-refractivity contribution in [1.29, 1.82) is 0 Å². The Morgan fingerprint density at radius 1 is 1.40 bits per heavy atom. The Hall–Kier alpha value is -2.09. The maximum atomic E-state index is 12.1. The molecule has 0 aliphatic carbocycles. The first kappa shape index (κ1) is 19.2. The second kappa shape index (κ2) is 9.41. The van der Waals surface area contributed by atoms with Crippen LogP contribution in [0, 0.1) is 0 Å². The van der Waals surface area contributed by atoms with E-state index in [0.717, 1.165) is 12.0 Å². The highest BCUT2D eigenvalue weighted by atomic mass is 32.2. The monoisotopic (exact) mass is 365 g/mol. The first-order chi connectivity index (χ1) is 12.0. The third-order valence-corrected chi connectivity index (χ3v) is 5.22. The number of hydrogen-bond donors (Lipinski definition) is 1. The number of nitrogens with zero attached hydrogens (tertiary/aromatic N) is 2. The van der Waals surface area contributed by atoms with Gasteiger partial charge < -0.3 is 15.0 Å². The Balaban J connectivity index is 1.85. The number of nitrogens with one attached hydrogen (secondary N) is 1. The van der Waals surface area contributed by atoms with Crippen molar-refractivity contribution in [3.8, 4) is 0 Å². The molecule has 2 heterocycles. The molecule has 2 atom stereocenters. The predicted octanol–water partition coefficient (Wildman–Crippen LogP) is 1.50. The molecule has 1 N–H and O–H groups in total. The average Bonchev–Trinajstić information content (AvgIpc) is 2.98. The minimum Gasteiger partial charge on any atom is -0.467 e. The van der Waals surface area contributed by atoms with Crippen LogP contribution in [0.25, 0.3) is 0 Å². The number of hydrogen-bond acceptors (Lipinski definition) is 6.